The van der Waals surface area contributed by atoms with Crippen LogP contribution in [-0.4, -0.2) is 14.7 Å². The fraction of sp³-hybridized carbons (Fsp3) is 0.167. The Kier molecular flexibility index (Phi) is 3.54. The van der Waals surface area contributed by atoms with Gasteiger partial charge >= 0.3 is 0 Å². The summed E-state index contributed by atoms with van der Waals surface area (Å²) in [6.07, 6.45) is 1.57. The first-order valence-corrected chi connectivity index (χ1v) is 8.45. The SMILES string of the molecule is Cc1ccc(-c2csc3ncn(Cc4cc(C)on4)c(=O)c23)cc1. The zero-order valence-electron chi connectivity index (χ0n) is 13.3. The minimum absolute atomic E-state index is 0.0579. The van der Waals surface area contributed by atoms with Crippen LogP contribution in [0.3, 0.4) is 0 Å². The Morgan fingerprint density at radius 1 is 1.21 bits per heavy atom. The summed E-state index contributed by atoms with van der Waals surface area (Å²) in [4.78, 5) is 18.1. The van der Waals surface area contributed by atoms with Crippen LogP contribution in [-0.2, 0) is 6.54 Å². The van der Waals surface area contributed by atoms with Crippen molar-refractivity contribution in [2.24, 2.45) is 0 Å². The van der Waals surface area contributed by atoms with Crippen molar-refractivity contribution in [3.05, 3.63) is 69.4 Å². The molecule has 6 heteroatoms. The molecule has 5 nitrogen and oxygen atoms in total. The molecule has 3 aromatic heterocycles. The van der Waals surface area contributed by atoms with E-state index in [1.165, 1.54) is 16.9 Å². The van der Waals surface area contributed by atoms with E-state index in [0.29, 0.717) is 17.6 Å². The van der Waals surface area contributed by atoms with Gasteiger partial charge in [-0.25, -0.2) is 4.98 Å². The maximum atomic E-state index is 12.9. The molecule has 1 aromatic carbocycles. The lowest BCUT2D eigenvalue weighted by molar-refractivity contribution is 0.388. The molecule has 0 atom stereocenters. The minimum atomic E-state index is -0.0579. The van der Waals surface area contributed by atoms with Gasteiger partial charge in [-0.1, -0.05) is 35.0 Å². The number of nitrogens with zero attached hydrogens (tertiary/aromatic N) is 3. The molecule has 0 saturated carbocycles. The van der Waals surface area contributed by atoms with E-state index in [0.717, 1.165) is 21.7 Å². The molecular formula is C18H15N3O2S. The Morgan fingerprint density at radius 2 is 2.00 bits per heavy atom. The zero-order chi connectivity index (χ0) is 16.7. The van der Waals surface area contributed by atoms with Crippen LogP contribution >= 0.6 is 11.3 Å². The normalized spacial score (nSPS) is 11.2. The Morgan fingerprint density at radius 3 is 2.71 bits per heavy atom. The van der Waals surface area contributed by atoms with E-state index in [-0.39, 0.29) is 5.56 Å². The molecule has 0 saturated heterocycles. The monoisotopic (exact) mass is 337 g/mol. The molecule has 3 heterocycles. The molecule has 0 spiro atoms. The maximum Gasteiger partial charge on any atom is 0.263 e. The number of benzene rings is 1. The molecule has 120 valence electrons. The number of thiophene rings is 1. The molecule has 24 heavy (non-hydrogen) atoms. The fourth-order valence-corrected chi connectivity index (χ4v) is 3.60. The molecule has 0 radical (unpaired) electrons. The minimum Gasteiger partial charge on any atom is -0.361 e. The predicted molar refractivity (Wildman–Crippen MR) is 94.4 cm³/mol. The molecule has 0 unspecified atom stereocenters. The lowest BCUT2D eigenvalue weighted by Gasteiger charge is -2.04. The highest BCUT2D eigenvalue weighted by atomic mass is 32.1. The number of hydrogen-bond acceptors (Lipinski definition) is 5. The average Bonchev–Trinajstić information content (AvgIpc) is 3.18. The lowest BCUT2D eigenvalue weighted by Crippen LogP contribution is -2.21. The van der Waals surface area contributed by atoms with Gasteiger partial charge in [-0.15, -0.1) is 11.3 Å². The molecule has 0 aliphatic heterocycles. The summed E-state index contributed by atoms with van der Waals surface area (Å²) in [5, 5.41) is 6.60. The number of rotatable bonds is 3. The van der Waals surface area contributed by atoms with Crippen LogP contribution in [0.5, 0.6) is 0 Å². The van der Waals surface area contributed by atoms with Gasteiger partial charge in [-0.3, -0.25) is 9.36 Å². The third-order valence-electron chi connectivity index (χ3n) is 3.93. The second-order valence-corrected chi connectivity index (χ2v) is 6.66. The summed E-state index contributed by atoms with van der Waals surface area (Å²) >= 11 is 1.49. The highest BCUT2D eigenvalue weighted by Gasteiger charge is 2.14. The van der Waals surface area contributed by atoms with Gasteiger partial charge in [0.1, 0.15) is 16.3 Å². The van der Waals surface area contributed by atoms with E-state index in [2.05, 4.69) is 10.1 Å². The van der Waals surface area contributed by atoms with Gasteiger partial charge in [-0.2, -0.15) is 0 Å². The summed E-state index contributed by atoms with van der Waals surface area (Å²) in [5.74, 6) is 0.725. The van der Waals surface area contributed by atoms with E-state index in [9.17, 15) is 4.79 Å². The van der Waals surface area contributed by atoms with E-state index in [4.69, 9.17) is 4.52 Å². The van der Waals surface area contributed by atoms with Gasteiger partial charge in [0.2, 0.25) is 0 Å². The van der Waals surface area contributed by atoms with Crippen molar-refractivity contribution in [1.82, 2.24) is 14.7 Å². The summed E-state index contributed by atoms with van der Waals surface area (Å²) in [5.41, 5.74) is 3.80. The van der Waals surface area contributed by atoms with Crippen LogP contribution in [0.2, 0.25) is 0 Å². The second kappa shape index (κ2) is 5.72. The first-order valence-electron chi connectivity index (χ1n) is 7.58. The van der Waals surface area contributed by atoms with E-state index < -0.39 is 0 Å². The first-order chi connectivity index (χ1) is 11.6. The molecule has 0 aliphatic rings. The molecule has 0 N–H and O–H groups in total. The van der Waals surface area contributed by atoms with Crippen molar-refractivity contribution in [1.29, 1.82) is 0 Å². The maximum absolute atomic E-state index is 12.9. The highest BCUT2D eigenvalue weighted by Crippen LogP contribution is 2.30. The summed E-state index contributed by atoms with van der Waals surface area (Å²) in [7, 11) is 0. The van der Waals surface area contributed by atoms with Crippen molar-refractivity contribution in [2.75, 3.05) is 0 Å². The molecule has 0 fully saturated rings. The summed E-state index contributed by atoms with van der Waals surface area (Å²) in [6, 6.07) is 9.99. The molecule has 0 amide bonds. The van der Waals surface area contributed by atoms with Gasteiger partial charge in [0.05, 0.1) is 18.3 Å². The van der Waals surface area contributed by atoms with Gasteiger partial charge < -0.3 is 4.52 Å². The number of fused-ring (bicyclic) bond motifs is 1. The van der Waals surface area contributed by atoms with E-state index in [1.807, 2.05) is 49.6 Å². The topological polar surface area (TPSA) is 60.9 Å². The van der Waals surface area contributed by atoms with Crippen LogP contribution < -0.4 is 5.56 Å². The third kappa shape index (κ3) is 2.55. The van der Waals surface area contributed by atoms with Crippen LogP contribution in [0.1, 0.15) is 17.0 Å². The van der Waals surface area contributed by atoms with Crippen molar-refractivity contribution in [3.63, 3.8) is 0 Å². The summed E-state index contributed by atoms with van der Waals surface area (Å²) in [6.45, 7) is 4.22. The smallest absolute Gasteiger partial charge is 0.263 e. The third-order valence-corrected chi connectivity index (χ3v) is 4.82. The first kappa shape index (κ1) is 14.8. The molecule has 0 aliphatic carbocycles. The average molecular weight is 337 g/mol. The summed E-state index contributed by atoms with van der Waals surface area (Å²) < 4.78 is 6.64. The lowest BCUT2D eigenvalue weighted by atomic mass is 10.1. The van der Waals surface area contributed by atoms with Crippen LogP contribution in [0, 0.1) is 13.8 Å². The van der Waals surface area contributed by atoms with Crippen molar-refractivity contribution < 1.29 is 4.52 Å². The predicted octanol–water partition coefficient (Wildman–Crippen LogP) is 3.78. The van der Waals surface area contributed by atoms with Crippen molar-refractivity contribution in [2.45, 2.75) is 20.4 Å². The molecule has 4 rings (SSSR count). The van der Waals surface area contributed by atoms with E-state index in [1.54, 1.807) is 10.9 Å². The van der Waals surface area contributed by atoms with Gasteiger partial charge in [0, 0.05) is 17.0 Å². The Hall–Kier alpha value is -2.73. The second-order valence-electron chi connectivity index (χ2n) is 5.80. The molecule has 4 aromatic rings. The van der Waals surface area contributed by atoms with E-state index >= 15 is 0 Å². The number of aryl methyl sites for hydroxylation is 2. The van der Waals surface area contributed by atoms with Gasteiger partial charge in [0.25, 0.3) is 5.56 Å². The molecule has 0 bridgehead atoms. The van der Waals surface area contributed by atoms with Crippen molar-refractivity contribution >= 4 is 21.6 Å². The largest absolute Gasteiger partial charge is 0.361 e. The standard InChI is InChI=1S/C18H15N3O2S/c1-11-3-5-13(6-4-11)15-9-24-17-16(15)18(22)21(10-19-17)8-14-7-12(2)23-20-14/h3-7,9-10H,8H2,1-2H3. The Labute approximate surface area is 142 Å². The van der Waals surface area contributed by atoms with Crippen molar-refractivity contribution in [3.8, 4) is 11.1 Å². The van der Waals surface area contributed by atoms with Crippen LogP contribution in [0.15, 0.2) is 51.4 Å². The quantitative estimate of drug-likeness (QED) is 0.571. The van der Waals surface area contributed by atoms with Gasteiger partial charge in [0.15, 0.2) is 0 Å². The molecular weight excluding hydrogens is 322 g/mol. The van der Waals surface area contributed by atoms with Gasteiger partial charge in [-0.05, 0) is 19.4 Å². The van der Waals surface area contributed by atoms with Crippen LogP contribution in [0.25, 0.3) is 21.3 Å². The highest BCUT2D eigenvalue weighted by molar-refractivity contribution is 7.17. The Bertz CT molecular complexity index is 1070. The van der Waals surface area contributed by atoms with Crippen LogP contribution in [0.4, 0.5) is 0 Å². The zero-order valence-corrected chi connectivity index (χ0v) is 14.1. The number of hydrogen-bond donors (Lipinski definition) is 0. The Balaban J connectivity index is 1.84. The fourth-order valence-electron chi connectivity index (χ4n) is 2.69. The number of aromatic nitrogens is 3.